The average molecular weight is 313 g/mol. The molecule has 0 saturated carbocycles. The lowest BCUT2D eigenvalue weighted by molar-refractivity contribution is -0.122. The van der Waals surface area contributed by atoms with E-state index in [9.17, 15) is 4.79 Å². The first kappa shape index (κ1) is 16.9. The Balaban J connectivity index is 1.96. The summed E-state index contributed by atoms with van der Waals surface area (Å²) < 4.78 is 11.1. The maximum Gasteiger partial charge on any atom is 0.265 e. The smallest absolute Gasteiger partial charge is 0.265 e. The number of carbonyl (C=O) groups excluding carboxylic acids is 1. The van der Waals surface area contributed by atoms with Gasteiger partial charge in [-0.05, 0) is 75.2 Å². The maximum atomic E-state index is 12.2. The lowest BCUT2D eigenvalue weighted by Gasteiger charge is -2.15. The number of carbonyl (C=O) groups is 1. The van der Waals surface area contributed by atoms with E-state index >= 15 is 0 Å². The Morgan fingerprint density at radius 2 is 1.61 bits per heavy atom. The van der Waals surface area contributed by atoms with Crippen LogP contribution in [0.1, 0.15) is 25.0 Å². The van der Waals surface area contributed by atoms with Gasteiger partial charge in [0.1, 0.15) is 11.5 Å². The third kappa shape index (κ3) is 5.02. The standard InChI is InChI=1S/C19H23NO3/c1-5-22-17-6-8-18(9-7-17)23-15(4)19(21)20-16-11-13(2)10-14(3)12-16/h6-12,15H,5H2,1-4H3,(H,20,21). The second-order valence-corrected chi connectivity index (χ2v) is 5.53. The number of hydrogen-bond donors (Lipinski definition) is 1. The summed E-state index contributed by atoms with van der Waals surface area (Å²) in [6.07, 6.45) is -0.589. The molecule has 1 N–H and O–H groups in total. The Labute approximate surface area is 137 Å². The summed E-state index contributed by atoms with van der Waals surface area (Å²) in [6, 6.07) is 13.2. The predicted molar refractivity (Wildman–Crippen MR) is 92.2 cm³/mol. The molecule has 4 nitrogen and oxygen atoms in total. The van der Waals surface area contributed by atoms with Crippen LogP contribution in [0.5, 0.6) is 11.5 Å². The molecule has 4 heteroatoms. The van der Waals surface area contributed by atoms with Crippen molar-refractivity contribution in [3.8, 4) is 11.5 Å². The SMILES string of the molecule is CCOc1ccc(OC(C)C(=O)Nc2cc(C)cc(C)c2)cc1. The molecule has 0 bridgehead atoms. The molecule has 0 heterocycles. The lowest BCUT2D eigenvalue weighted by Crippen LogP contribution is -2.30. The predicted octanol–water partition coefficient (Wildman–Crippen LogP) is 4.11. The molecule has 0 spiro atoms. The summed E-state index contributed by atoms with van der Waals surface area (Å²) in [6.45, 7) is 8.29. The molecule has 122 valence electrons. The van der Waals surface area contributed by atoms with Gasteiger partial charge in [0.05, 0.1) is 6.61 Å². The van der Waals surface area contributed by atoms with Gasteiger partial charge in [-0.1, -0.05) is 6.07 Å². The Bertz CT molecular complexity index is 645. The maximum absolute atomic E-state index is 12.2. The first-order valence-corrected chi connectivity index (χ1v) is 7.76. The summed E-state index contributed by atoms with van der Waals surface area (Å²) in [5.74, 6) is 1.24. The molecule has 2 rings (SSSR count). The van der Waals surface area contributed by atoms with Crippen LogP contribution < -0.4 is 14.8 Å². The fourth-order valence-corrected chi connectivity index (χ4v) is 2.33. The van der Waals surface area contributed by atoms with Crippen molar-refractivity contribution >= 4 is 11.6 Å². The molecule has 0 aromatic heterocycles. The minimum absolute atomic E-state index is 0.177. The second-order valence-electron chi connectivity index (χ2n) is 5.53. The van der Waals surface area contributed by atoms with E-state index in [1.165, 1.54) is 0 Å². The summed E-state index contributed by atoms with van der Waals surface area (Å²) in [5, 5.41) is 2.89. The molecule has 23 heavy (non-hydrogen) atoms. The topological polar surface area (TPSA) is 47.6 Å². The van der Waals surface area contributed by atoms with Gasteiger partial charge in [-0.2, -0.15) is 0 Å². The second kappa shape index (κ2) is 7.68. The summed E-state index contributed by atoms with van der Waals surface area (Å²) in [5.41, 5.74) is 3.01. The molecule has 1 amide bonds. The van der Waals surface area contributed by atoms with Gasteiger partial charge in [0, 0.05) is 5.69 Å². The van der Waals surface area contributed by atoms with Gasteiger partial charge < -0.3 is 14.8 Å². The van der Waals surface area contributed by atoms with Crippen LogP contribution in [-0.2, 0) is 4.79 Å². The molecule has 0 aliphatic rings. The van der Waals surface area contributed by atoms with E-state index in [0.717, 1.165) is 22.6 Å². The normalized spacial score (nSPS) is 11.7. The molecule has 0 aliphatic carbocycles. The van der Waals surface area contributed by atoms with Crippen molar-refractivity contribution in [3.63, 3.8) is 0 Å². The van der Waals surface area contributed by atoms with Crippen molar-refractivity contribution in [2.75, 3.05) is 11.9 Å². The molecule has 1 atom stereocenters. The highest BCUT2D eigenvalue weighted by atomic mass is 16.5. The molecule has 0 radical (unpaired) electrons. The van der Waals surface area contributed by atoms with Crippen LogP contribution in [0.2, 0.25) is 0 Å². The summed E-state index contributed by atoms with van der Waals surface area (Å²) >= 11 is 0. The van der Waals surface area contributed by atoms with Crippen LogP contribution >= 0.6 is 0 Å². The summed E-state index contributed by atoms with van der Waals surface area (Å²) in [4.78, 5) is 12.2. The minimum atomic E-state index is -0.589. The third-order valence-corrected chi connectivity index (χ3v) is 3.31. The molecule has 2 aromatic carbocycles. The summed E-state index contributed by atoms with van der Waals surface area (Å²) in [7, 11) is 0. The zero-order valence-electron chi connectivity index (χ0n) is 14.1. The highest BCUT2D eigenvalue weighted by Crippen LogP contribution is 2.19. The van der Waals surface area contributed by atoms with E-state index in [4.69, 9.17) is 9.47 Å². The van der Waals surface area contributed by atoms with Gasteiger partial charge in [-0.25, -0.2) is 0 Å². The highest BCUT2D eigenvalue weighted by Gasteiger charge is 2.15. The Morgan fingerprint density at radius 1 is 1.04 bits per heavy atom. The molecule has 0 aliphatic heterocycles. The van der Waals surface area contributed by atoms with Crippen LogP contribution in [0.3, 0.4) is 0 Å². The number of hydrogen-bond acceptors (Lipinski definition) is 3. The molecule has 1 unspecified atom stereocenters. The number of ether oxygens (including phenoxy) is 2. The Hall–Kier alpha value is -2.49. The number of rotatable bonds is 6. The number of amides is 1. The van der Waals surface area contributed by atoms with Crippen molar-refractivity contribution in [2.24, 2.45) is 0 Å². The molecular weight excluding hydrogens is 290 g/mol. The monoisotopic (exact) mass is 313 g/mol. The van der Waals surface area contributed by atoms with Crippen molar-refractivity contribution in [2.45, 2.75) is 33.8 Å². The van der Waals surface area contributed by atoms with Gasteiger partial charge in [0.15, 0.2) is 6.10 Å². The van der Waals surface area contributed by atoms with Gasteiger partial charge in [0.2, 0.25) is 0 Å². The first-order chi connectivity index (χ1) is 11.0. The molecule has 2 aromatic rings. The van der Waals surface area contributed by atoms with Crippen molar-refractivity contribution in [1.29, 1.82) is 0 Å². The van der Waals surface area contributed by atoms with Crippen LogP contribution in [0.4, 0.5) is 5.69 Å². The molecule has 0 saturated heterocycles. The van der Waals surface area contributed by atoms with Crippen molar-refractivity contribution < 1.29 is 14.3 Å². The molecule has 0 fully saturated rings. The zero-order chi connectivity index (χ0) is 16.8. The fourth-order valence-electron chi connectivity index (χ4n) is 2.33. The largest absolute Gasteiger partial charge is 0.494 e. The number of anilines is 1. The quantitative estimate of drug-likeness (QED) is 0.873. The number of nitrogens with one attached hydrogen (secondary N) is 1. The van der Waals surface area contributed by atoms with E-state index < -0.39 is 6.10 Å². The van der Waals surface area contributed by atoms with Crippen LogP contribution in [0.25, 0.3) is 0 Å². The fraction of sp³-hybridized carbons (Fsp3) is 0.316. The van der Waals surface area contributed by atoms with E-state index in [-0.39, 0.29) is 5.91 Å². The molecular formula is C19H23NO3. The van der Waals surface area contributed by atoms with Crippen molar-refractivity contribution in [1.82, 2.24) is 0 Å². The lowest BCUT2D eigenvalue weighted by atomic mass is 10.1. The Morgan fingerprint density at radius 3 is 2.17 bits per heavy atom. The van der Waals surface area contributed by atoms with E-state index in [2.05, 4.69) is 11.4 Å². The minimum Gasteiger partial charge on any atom is -0.494 e. The third-order valence-electron chi connectivity index (χ3n) is 3.31. The zero-order valence-corrected chi connectivity index (χ0v) is 14.1. The Kier molecular flexibility index (Phi) is 5.63. The first-order valence-electron chi connectivity index (χ1n) is 7.76. The van der Waals surface area contributed by atoms with E-state index in [1.54, 1.807) is 19.1 Å². The van der Waals surface area contributed by atoms with Crippen LogP contribution in [0.15, 0.2) is 42.5 Å². The average Bonchev–Trinajstić information content (AvgIpc) is 2.48. The van der Waals surface area contributed by atoms with Crippen LogP contribution in [-0.4, -0.2) is 18.6 Å². The number of aryl methyl sites for hydroxylation is 2. The van der Waals surface area contributed by atoms with Gasteiger partial charge in [-0.15, -0.1) is 0 Å². The van der Waals surface area contributed by atoms with Gasteiger partial charge >= 0.3 is 0 Å². The number of benzene rings is 2. The van der Waals surface area contributed by atoms with E-state index in [0.29, 0.717) is 12.4 Å². The van der Waals surface area contributed by atoms with E-state index in [1.807, 2.05) is 45.0 Å². The van der Waals surface area contributed by atoms with Crippen LogP contribution in [0, 0.1) is 13.8 Å². The highest BCUT2D eigenvalue weighted by molar-refractivity contribution is 5.94. The van der Waals surface area contributed by atoms with Gasteiger partial charge in [-0.3, -0.25) is 4.79 Å². The van der Waals surface area contributed by atoms with Gasteiger partial charge in [0.25, 0.3) is 5.91 Å². The van der Waals surface area contributed by atoms with Crippen molar-refractivity contribution in [3.05, 3.63) is 53.6 Å².